The highest BCUT2D eigenvalue weighted by molar-refractivity contribution is 5.99. The van der Waals surface area contributed by atoms with Gasteiger partial charge in [0.15, 0.2) is 0 Å². The summed E-state index contributed by atoms with van der Waals surface area (Å²) in [6.45, 7) is 2.81. The van der Waals surface area contributed by atoms with E-state index in [0.29, 0.717) is 36.4 Å². The Hall–Kier alpha value is -3.39. The monoisotopic (exact) mass is 493 g/mol. The van der Waals surface area contributed by atoms with E-state index in [9.17, 15) is 14.4 Å². The molecule has 2 aliphatic rings. The van der Waals surface area contributed by atoms with Crippen LogP contribution in [0.1, 0.15) is 54.9 Å². The lowest BCUT2D eigenvalue weighted by atomic mass is 9.94. The average molecular weight is 494 g/mol. The average Bonchev–Trinajstić information content (AvgIpc) is 2.87. The van der Waals surface area contributed by atoms with Crippen molar-refractivity contribution in [2.75, 3.05) is 25.5 Å². The number of carbonyl (C=O) groups excluding carboxylic acids is 3. The second-order valence-electron chi connectivity index (χ2n) is 9.47. The summed E-state index contributed by atoms with van der Waals surface area (Å²) in [6, 6.07) is 15.0. The van der Waals surface area contributed by atoms with Gasteiger partial charge in [-0.05, 0) is 49.4 Å². The molecule has 2 N–H and O–H groups in total. The maximum Gasteiger partial charge on any atom is 0.257 e. The van der Waals surface area contributed by atoms with E-state index in [-0.39, 0.29) is 49.0 Å². The summed E-state index contributed by atoms with van der Waals surface area (Å²) in [5.41, 5.74) is 2.18. The van der Waals surface area contributed by atoms with E-state index in [1.807, 2.05) is 37.3 Å². The summed E-state index contributed by atoms with van der Waals surface area (Å²) < 4.78 is 12.3. The van der Waals surface area contributed by atoms with E-state index in [0.717, 1.165) is 19.3 Å². The summed E-state index contributed by atoms with van der Waals surface area (Å²) in [4.78, 5) is 39.5. The molecule has 192 valence electrons. The van der Waals surface area contributed by atoms with Crippen molar-refractivity contribution in [3.8, 4) is 5.75 Å². The number of anilines is 1. The van der Waals surface area contributed by atoms with E-state index >= 15 is 0 Å². The number of nitrogens with zero attached hydrogens (tertiary/aromatic N) is 1. The smallest absolute Gasteiger partial charge is 0.257 e. The Bertz CT molecular complexity index is 1070. The number of carbonyl (C=O) groups is 3. The molecule has 2 aromatic carbocycles. The third kappa shape index (κ3) is 6.43. The minimum absolute atomic E-state index is 0.0337. The van der Waals surface area contributed by atoms with Crippen molar-refractivity contribution in [3.05, 3.63) is 59.7 Å². The molecule has 4 rings (SSSR count). The summed E-state index contributed by atoms with van der Waals surface area (Å²) in [5.74, 6) is 0.171. The fraction of sp³-hybridized carbons (Fsp3) is 0.464. The Morgan fingerprint density at radius 2 is 1.89 bits per heavy atom. The highest BCUT2D eigenvalue weighted by Crippen LogP contribution is 2.32. The zero-order valence-corrected chi connectivity index (χ0v) is 21.0. The van der Waals surface area contributed by atoms with Crippen molar-refractivity contribution in [1.29, 1.82) is 0 Å². The molecule has 1 fully saturated rings. The molecule has 3 atom stereocenters. The van der Waals surface area contributed by atoms with E-state index < -0.39 is 0 Å². The van der Waals surface area contributed by atoms with Crippen molar-refractivity contribution < 1.29 is 23.9 Å². The van der Waals surface area contributed by atoms with Crippen molar-refractivity contribution >= 4 is 23.4 Å². The molecule has 2 heterocycles. The number of benzene rings is 2. The lowest BCUT2D eigenvalue weighted by Gasteiger charge is -2.42. The molecule has 8 heteroatoms. The Balaban J connectivity index is 1.34. The minimum Gasteiger partial charge on any atom is -0.490 e. The lowest BCUT2D eigenvalue weighted by molar-refractivity contribution is -0.134. The van der Waals surface area contributed by atoms with Crippen LogP contribution in [0.4, 0.5) is 5.69 Å². The second kappa shape index (κ2) is 12.0. The van der Waals surface area contributed by atoms with Gasteiger partial charge in [0, 0.05) is 25.7 Å². The lowest BCUT2D eigenvalue weighted by Crippen LogP contribution is -2.54. The summed E-state index contributed by atoms with van der Waals surface area (Å²) >= 11 is 0. The van der Waals surface area contributed by atoms with E-state index in [1.54, 1.807) is 30.1 Å². The number of nitrogens with one attached hydrogen (secondary N) is 2. The Morgan fingerprint density at radius 1 is 1.08 bits per heavy atom. The predicted octanol–water partition coefficient (Wildman–Crippen LogP) is 3.55. The molecule has 0 unspecified atom stereocenters. The molecule has 0 saturated carbocycles. The van der Waals surface area contributed by atoms with Crippen LogP contribution in [-0.2, 0) is 20.7 Å². The summed E-state index contributed by atoms with van der Waals surface area (Å²) in [5, 5.41) is 5.82. The first kappa shape index (κ1) is 25.7. The molecule has 3 amide bonds. The van der Waals surface area contributed by atoms with Crippen molar-refractivity contribution in [2.45, 2.75) is 63.7 Å². The molecule has 2 aliphatic heterocycles. The van der Waals surface area contributed by atoms with E-state index in [2.05, 4.69) is 10.6 Å². The van der Waals surface area contributed by atoms with E-state index in [1.165, 1.54) is 5.56 Å². The quantitative estimate of drug-likeness (QED) is 0.586. The van der Waals surface area contributed by atoms with Gasteiger partial charge in [-0.3, -0.25) is 14.4 Å². The van der Waals surface area contributed by atoms with Crippen molar-refractivity contribution in [1.82, 2.24) is 10.2 Å². The molecule has 0 spiro atoms. The van der Waals surface area contributed by atoms with Crippen LogP contribution >= 0.6 is 0 Å². The third-order valence-electron chi connectivity index (χ3n) is 6.76. The largest absolute Gasteiger partial charge is 0.490 e. The highest BCUT2D eigenvalue weighted by Gasteiger charge is 2.39. The van der Waals surface area contributed by atoms with Crippen LogP contribution in [0.25, 0.3) is 0 Å². The van der Waals surface area contributed by atoms with Gasteiger partial charge in [-0.15, -0.1) is 0 Å². The standard InChI is InChI=1S/C28H35N3O5/c1-3-7-26(32)30-20-10-13-24-22(16-20)28(34)31(2)23-12-11-21(36-25(23)18-35-24)17-27(33)29-15-14-19-8-5-4-6-9-19/h4-6,8-10,13,16,21,23,25H,3,7,11-12,14-15,17-18H2,1-2H3,(H,29,33)(H,30,32)/t21-,23-,25-/m1/s1. The number of hydrogen-bond donors (Lipinski definition) is 2. The maximum absolute atomic E-state index is 13.3. The minimum atomic E-state index is -0.327. The third-order valence-corrected chi connectivity index (χ3v) is 6.76. The van der Waals surface area contributed by atoms with Gasteiger partial charge >= 0.3 is 0 Å². The van der Waals surface area contributed by atoms with Gasteiger partial charge in [-0.2, -0.15) is 0 Å². The molecule has 0 bridgehead atoms. The Labute approximate surface area is 212 Å². The number of likely N-dealkylation sites (N-methyl/N-ethyl adjacent to an activating group) is 1. The maximum atomic E-state index is 13.3. The van der Waals surface area contributed by atoms with Crippen LogP contribution in [-0.4, -0.2) is 61.1 Å². The van der Waals surface area contributed by atoms with Gasteiger partial charge in [0.25, 0.3) is 5.91 Å². The first-order chi connectivity index (χ1) is 17.4. The molecule has 8 nitrogen and oxygen atoms in total. The van der Waals surface area contributed by atoms with Gasteiger partial charge in [0.05, 0.1) is 24.1 Å². The number of amides is 3. The first-order valence-corrected chi connectivity index (χ1v) is 12.7. The fourth-order valence-electron chi connectivity index (χ4n) is 4.83. The molecular formula is C28H35N3O5. The number of ether oxygens (including phenoxy) is 2. The SMILES string of the molecule is CCCC(=O)Nc1ccc2c(c1)C(=O)N(C)[C@@H]1CC[C@H](CC(=O)NCCc3ccccc3)O[C@@H]1CO2. The molecule has 2 aromatic rings. The van der Waals surface area contributed by atoms with Crippen LogP contribution in [0, 0.1) is 0 Å². The summed E-state index contributed by atoms with van der Waals surface area (Å²) in [6.07, 6.45) is 3.11. The molecule has 0 aliphatic carbocycles. The highest BCUT2D eigenvalue weighted by atomic mass is 16.5. The van der Waals surface area contributed by atoms with Crippen molar-refractivity contribution in [2.24, 2.45) is 0 Å². The van der Waals surface area contributed by atoms with E-state index in [4.69, 9.17) is 9.47 Å². The fourth-order valence-corrected chi connectivity index (χ4v) is 4.83. The molecule has 1 saturated heterocycles. The molecular weight excluding hydrogens is 458 g/mol. The molecule has 36 heavy (non-hydrogen) atoms. The van der Waals surface area contributed by atoms with Crippen LogP contribution in [0.2, 0.25) is 0 Å². The Kier molecular flexibility index (Phi) is 8.59. The number of rotatable bonds is 8. The van der Waals surface area contributed by atoms with Crippen LogP contribution in [0.5, 0.6) is 5.75 Å². The van der Waals surface area contributed by atoms with Gasteiger partial charge in [0.2, 0.25) is 11.8 Å². The van der Waals surface area contributed by atoms with Crippen LogP contribution in [0.15, 0.2) is 48.5 Å². The number of hydrogen-bond acceptors (Lipinski definition) is 5. The Morgan fingerprint density at radius 3 is 2.67 bits per heavy atom. The van der Waals surface area contributed by atoms with Crippen molar-refractivity contribution in [3.63, 3.8) is 0 Å². The first-order valence-electron chi connectivity index (χ1n) is 12.7. The van der Waals surface area contributed by atoms with Gasteiger partial charge < -0.3 is 25.0 Å². The zero-order chi connectivity index (χ0) is 25.5. The topological polar surface area (TPSA) is 97.0 Å². The second-order valence-corrected chi connectivity index (χ2v) is 9.47. The van der Waals surface area contributed by atoms with Gasteiger partial charge in [-0.25, -0.2) is 0 Å². The normalized spacial score (nSPS) is 21.3. The predicted molar refractivity (Wildman–Crippen MR) is 137 cm³/mol. The van der Waals surface area contributed by atoms with Crippen LogP contribution in [0.3, 0.4) is 0 Å². The molecule has 0 radical (unpaired) electrons. The summed E-state index contributed by atoms with van der Waals surface area (Å²) in [7, 11) is 1.78. The van der Waals surface area contributed by atoms with Gasteiger partial charge in [-0.1, -0.05) is 37.3 Å². The molecule has 0 aromatic heterocycles. The van der Waals surface area contributed by atoms with Gasteiger partial charge in [0.1, 0.15) is 18.5 Å². The number of fused-ring (bicyclic) bond motifs is 2. The van der Waals surface area contributed by atoms with Crippen LogP contribution < -0.4 is 15.4 Å². The zero-order valence-electron chi connectivity index (χ0n) is 21.0.